The van der Waals surface area contributed by atoms with Gasteiger partial charge in [0.25, 0.3) is 0 Å². The first kappa shape index (κ1) is 12.7. The van der Waals surface area contributed by atoms with Gasteiger partial charge in [-0.3, -0.25) is 0 Å². The van der Waals surface area contributed by atoms with Gasteiger partial charge in [-0.15, -0.1) is 0 Å². The largest absolute Gasteiger partial charge is 0.496 e. The van der Waals surface area contributed by atoms with Crippen LogP contribution in [0.1, 0.15) is 35.7 Å². The molecule has 1 atom stereocenters. The van der Waals surface area contributed by atoms with Crippen molar-refractivity contribution in [2.75, 3.05) is 7.11 Å². The first-order chi connectivity index (χ1) is 8.65. The Kier molecular flexibility index (Phi) is 3.72. The molecule has 3 heteroatoms. The Balaban J connectivity index is 2.27. The predicted molar refractivity (Wildman–Crippen MR) is 69.9 cm³/mol. The van der Waals surface area contributed by atoms with Gasteiger partial charge < -0.3 is 14.3 Å². The van der Waals surface area contributed by atoms with Crippen molar-refractivity contribution in [1.82, 2.24) is 0 Å². The molecule has 0 fully saturated rings. The monoisotopic (exact) mass is 246 g/mol. The molecule has 0 aliphatic carbocycles. The van der Waals surface area contributed by atoms with Crippen molar-refractivity contribution >= 4 is 0 Å². The molecule has 2 rings (SSSR count). The van der Waals surface area contributed by atoms with E-state index >= 15 is 0 Å². The number of methoxy groups -OCH3 is 1. The fourth-order valence-electron chi connectivity index (χ4n) is 1.97. The minimum Gasteiger partial charge on any atom is -0.496 e. The first-order valence-electron chi connectivity index (χ1n) is 6.07. The van der Waals surface area contributed by atoms with E-state index in [0.29, 0.717) is 5.76 Å². The molecule has 1 N–H and O–H groups in total. The molecule has 1 aromatic carbocycles. The van der Waals surface area contributed by atoms with Crippen LogP contribution >= 0.6 is 0 Å². The van der Waals surface area contributed by atoms with Crippen molar-refractivity contribution in [3.63, 3.8) is 0 Å². The van der Waals surface area contributed by atoms with Crippen molar-refractivity contribution in [2.24, 2.45) is 0 Å². The zero-order chi connectivity index (χ0) is 13.1. The second-order valence-electron chi connectivity index (χ2n) is 4.29. The Hall–Kier alpha value is -1.74. The average Bonchev–Trinajstić information content (AvgIpc) is 2.86. The van der Waals surface area contributed by atoms with Crippen molar-refractivity contribution in [3.8, 4) is 5.75 Å². The van der Waals surface area contributed by atoms with Gasteiger partial charge >= 0.3 is 0 Å². The van der Waals surface area contributed by atoms with Gasteiger partial charge in [0.05, 0.1) is 7.11 Å². The molecule has 96 valence electrons. The number of furan rings is 1. The lowest BCUT2D eigenvalue weighted by atomic mass is 10.0. The summed E-state index contributed by atoms with van der Waals surface area (Å²) in [5.41, 5.74) is 1.81. The zero-order valence-corrected chi connectivity index (χ0v) is 10.9. The van der Waals surface area contributed by atoms with Gasteiger partial charge in [-0.1, -0.05) is 13.0 Å². The Morgan fingerprint density at radius 2 is 2.06 bits per heavy atom. The third-order valence-corrected chi connectivity index (χ3v) is 3.04. The molecule has 0 aliphatic rings. The van der Waals surface area contributed by atoms with Gasteiger partial charge in [0.2, 0.25) is 0 Å². The van der Waals surface area contributed by atoms with E-state index in [1.165, 1.54) is 0 Å². The minimum absolute atomic E-state index is 0.580. The summed E-state index contributed by atoms with van der Waals surface area (Å²) in [5, 5.41) is 10.3. The van der Waals surface area contributed by atoms with Crippen LogP contribution < -0.4 is 4.74 Å². The molecule has 0 radical (unpaired) electrons. The standard InChI is InChI=1S/C15H18O3/c1-4-12-6-8-14(18-12)15(16)11-5-7-13(17-3)10(2)9-11/h5-9,15-16H,4H2,1-3H3. The molecular weight excluding hydrogens is 228 g/mol. The summed E-state index contributed by atoms with van der Waals surface area (Å²) in [4.78, 5) is 0. The number of aliphatic hydroxyl groups excluding tert-OH is 1. The van der Waals surface area contributed by atoms with Gasteiger partial charge in [0.1, 0.15) is 23.4 Å². The van der Waals surface area contributed by atoms with Gasteiger partial charge in [0, 0.05) is 6.42 Å². The van der Waals surface area contributed by atoms with E-state index in [-0.39, 0.29) is 0 Å². The second kappa shape index (κ2) is 5.27. The Morgan fingerprint density at radius 1 is 1.28 bits per heavy atom. The number of hydrogen-bond acceptors (Lipinski definition) is 3. The Morgan fingerprint density at radius 3 is 2.61 bits per heavy atom. The highest BCUT2D eigenvalue weighted by Crippen LogP contribution is 2.27. The van der Waals surface area contributed by atoms with Crippen LogP contribution in [0.3, 0.4) is 0 Å². The SMILES string of the molecule is CCc1ccc(C(O)c2ccc(OC)c(C)c2)o1. The van der Waals surface area contributed by atoms with Crippen LogP contribution in [0.15, 0.2) is 34.7 Å². The fraction of sp³-hybridized carbons (Fsp3) is 0.333. The van der Waals surface area contributed by atoms with E-state index in [9.17, 15) is 5.11 Å². The molecule has 0 saturated carbocycles. The number of aliphatic hydroxyl groups is 1. The quantitative estimate of drug-likeness (QED) is 0.900. The maximum Gasteiger partial charge on any atom is 0.137 e. The maximum absolute atomic E-state index is 10.3. The topological polar surface area (TPSA) is 42.6 Å². The summed E-state index contributed by atoms with van der Waals surface area (Å²) in [5.74, 6) is 2.28. The first-order valence-corrected chi connectivity index (χ1v) is 6.07. The molecule has 18 heavy (non-hydrogen) atoms. The highest BCUT2D eigenvalue weighted by atomic mass is 16.5. The van der Waals surface area contributed by atoms with Crippen LogP contribution in [0.25, 0.3) is 0 Å². The third-order valence-electron chi connectivity index (χ3n) is 3.04. The van der Waals surface area contributed by atoms with E-state index in [4.69, 9.17) is 9.15 Å². The van der Waals surface area contributed by atoms with E-state index < -0.39 is 6.10 Å². The summed E-state index contributed by atoms with van der Waals surface area (Å²) >= 11 is 0. The number of hydrogen-bond donors (Lipinski definition) is 1. The highest BCUT2D eigenvalue weighted by Gasteiger charge is 2.15. The van der Waals surface area contributed by atoms with Crippen LogP contribution in [0, 0.1) is 6.92 Å². The van der Waals surface area contributed by atoms with Crippen molar-refractivity contribution in [3.05, 3.63) is 53.0 Å². The number of rotatable bonds is 4. The lowest BCUT2D eigenvalue weighted by Gasteiger charge is -2.11. The lowest BCUT2D eigenvalue weighted by molar-refractivity contribution is 0.187. The van der Waals surface area contributed by atoms with Gasteiger partial charge in [-0.05, 0) is 42.3 Å². The van der Waals surface area contributed by atoms with Gasteiger partial charge in [-0.2, -0.15) is 0 Å². The summed E-state index contributed by atoms with van der Waals surface area (Å²) in [6.45, 7) is 3.97. The average molecular weight is 246 g/mol. The summed E-state index contributed by atoms with van der Waals surface area (Å²) in [7, 11) is 1.64. The van der Waals surface area contributed by atoms with Crippen molar-refractivity contribution in [2.45, 2.75) is 26.4 Å². The molecule has 0 bridgehead atoms. The van der Waals surface area contributed by atoms with Crippen LogP contribution in [-0.4, -0.2) is 12.2 Å². The highest BCUT2D eigenvalue weighted by molar-refractivity contribution is 5.38. The molecule has 1 aromatic heterocycles. The zero-order valence-electron chi connectivity index (χ0n) is 10.9. The maximum atomic E-state index is 10.3. The molecule has 2 aromatic rings. The Labute approximate surface area is 107 Å². The second-order valence-corrected chi connectivity index (χ2v) is 4.29. The van der Waals surface area contributed by atoms with Crippen molar-refractivity contribution in [1.29, 1.82) is 0 Å². The number of ether oxygens (including phenoxy) is 1. The smallest absolute Gasteiger partial charge is 0.137 e. The van der Waals surface area contributed by atoms with E-state index in [1.807, 2.05) is 44.2 Å². The molecule has 0 aliphatic heterocycles. The third kappa shape index (κ3) is 2.41. The predicted octanol–water partition coefficient (Wildman–Crippen LogP) is 3.24. The normalized spacial score (nSPS) is 12.4. The number of benzene rings is 1. The van der Waals surface area contributed by atoms with Gasteiger partial charge in [-0.25, -0.2) is 0 Å². The molecule has 0 spiro atoms. The lowest BCUT2D eigenvalue weighted by Crippen LogP contribution is -1.99. The van der Waals surface area contributed by atoms with Crippen LogP contribution in [0.2, 0.25) is 0 Å². The summed E-state index contributed by atoms with van der Waals surface area (Å²) in [6, 6.07) is 9.35. The molecule has 3 nitrogen and oxygen atoms in total. The van der Waals surface area contributed by atoms with E-state index in [1.54, 1.807) is 7.11 Å². The van der Waals surface area contributed by atoms with Crippen LogP contribution in [0.5, 0.6) is 5.75 Å². The van der Waals surface area contributed by atoms with E-state index in [2.05, 4.69) is 0 Å². The van der Waals surface area contributed by atoms with Crippen LogP contribution in [-0.2, 0) is 6.42 Å². The van der Waals surface area contributed by atoms with Crippen LogP contribution in [0.4, 0.5) is 0 Å². The summed E-state index contributed by atoms with van der Waals surface area (Å²) < 4.78 is 10.8. The molecule has 1 heterocycles. The van der Waals surface area contributed by atoms with Crippen molar-refractivity contribution < 1.29 is 14.3 Å². The minimum atomic E-state index is -0.727. The fourth-order valence-corrected chi connectivity index (χ4v) is 1.97. The van der Waals surface area contributed by atoms with Gasteiger partial charge in [0.15, 0.2) is 0 Å². The molecule has 0 amide bonds. The van der Waals surface area contributed by atoms with E-state index in [0.717, 1.165) is 29.1 Å². The molecule has 0 saturated heterocycles. The summed E-state index contributed by atoms with van der Waals surface area (Å²) in [6.07, 6.45) is 0.101. The Bertz CT molecular complexity index is 528. The molecular formula is C15H18O3. The molecule has 1 unspecified atom stereocenters. The number of aryl methyl sites for hydroxylation is 2.